The summed E-state index contributed by atoms with van der Waals surface area (Å²) >= 11 is 0. The molecule has 0 bridgehead atoms. The van der Waals surface area contributed by atoms with Gasteiger partial charge in [0, 0.05) is 75.2 Å². The molecule has 2 aromatic heterocycles. The molecular weight excluding hydrogens is 368 g/mol. The zero-order valence-electron chi connectivity index (χ0n) is 18.3. The second kappa shape index (κ2) is 8.07. The minimum Gasteiger partial charge on any atom is -0.378 e. The van der Waals surface area contributed by atoms with Crippen LogP contribution in [0.3, 0.4) is 0 Å². The molecular formula is C26H28N4. The molecule has 2 aromatic carbocycles. The second-order valence-corrected chi connectivity index (χ2v) is 8.01. The summed E-state index contributed by atoms with van der Waals surface area (Å²) in [5.41, 5.74) is 8.88. The monoisotopic (exact) mass is 396 g/mol. The van der Waals surface area contributed by atoms with E-state index in [2.05, 4.69) is 129 Å². The molecule has 152 valence electrons. The molecule has 0 fully saturated rings. The lowest BCUT2D eigenvalue weighted by Crippen LogP contribution is -2.08. The first-order chi connectivity index (χ1) is 14.4. The van der Waals surface area contributed by atoms with Crippen molar-refractivity contribution < 1.29 is 0 Å². The SMILES string of the molecule is CN(C)c1ccc(-c2cc(-c3cccn3C)cc(-c3ccc(N(C)C)cc3)n2)cc1. The largest absolute Gasteiger partial charge is 0.378 e. The van der Waals surface area contributed by atoms with Crippen LogP contribution < -0.4 is 9.80 Å². The molecule has 4 heteroatoms. The van der Waals surface area contributed by atoms with E-state index in [1.165, 1.54) is 17.1 Å². The van der Waals surface area contributed by atoms with Crippen LogP contribution >= 0.6 is 0 Å². The maximum absolute atomic E-state index is 5.03. The van der Waals surface area contributed by atoms with Gasteiger partial charge in [-0.2, -0.15) is 0 Å². The molecule has 0 saturated heterocycles. The number of nitrogens with zero attached hydrogens (tertiary/aromatic N) is 4. The smallest absolute Gasteiger partial charge is 0.0716 e. The van der Waals surface area contributed by atoms with Gasteiger partial charge in [-0.15, -0.1) is 0 Å². The highest BCUT2D eigenvalue weighted by Gasteiger charge is 2.11. The van der Waals surface area contributed by atoms with E-state index >= 15 is 0 Å². The lowest BCUT2D eigenvalue weighted by molar-refractivity contribution is 0.937. The number of anilines is 2. The van der Waals surface area contributed by atoms with E-state index in [0.717, 1.165) is 28.1 Å². The van der Waals surface area contributed by atoms with E-state index in [4.69, 9.17) is 4.98 Å². The van der Waals surface area contributed by atoms with Gasteiger partial charge in [0.15, 0.2) is 0 Å². The van der Waals surface area contributed by atoms with Crippen LogP contribution in [0.5, 0.6) is 0 Å². The Balaban J connectivity index is 1.83. The quantitative estimate of drug-likeness (QED) is 0.442. The van der Waals surface area contributed by atoms with Gasteiger partial charge in [-0.25, -0.2) is 4.98 Å². The molecule has 0 atom stereocenters. The average molecular weight is 397 g/mol. The number of benzene rings is 2. The summed E-state index contributed by atoms with van der Waals surface area (Å²) in [5, 5.41) is 0. The van der Waals surface area contributed by atoms with Gasteiger partial charge in [-0.1, -0.05) is 24.3 Å². The molecule has 2 heterocycles. The maximum atomic E-state index is 5.03. The fraction of sp³-hybridized carbons (Fsp3) is 0.192. The molecule has 0 spiro atoms. The summed E-state index contributed by atoms with van der Waals surface area (Å²) in [6, 6.07) is 25.7. The van der Waals surface area contributed by atoms with Crippen LogP contribution in [0.1, 0.15) is 0 Å². The summed E-state index contributed by atoms with van der Waals surface area (Å²) in [5.74, 6) is 0. The molecule has 0 amide bonds. The number of rotatable bonds is 5. The van der Waals surface area contributed by atoms with E-state index in [1.54, 1.807) is 0 Å². The zero-order chi connectivity index (χ0) is 21.3. The van der Waals surface area contributed by atoms with Crippen LogP contribution in [0.4, 0.5) is 11.4 Å². The summed E-state index contributed by atoms with van der Waals surface area (Å²) in [4.78, 5) is 9.24. The van der Waals surface area contributed by atoms with Crippen LogP contribution in [-0.4, -0.2) is 37.7 Å². The molecule has 4 nitrogen and oxygen atoms in total. The summed E-state index contributed by atoms with van der Waals surface area (Å²) in [7, 11) is 10.3. The Bertz CT molecular complexity index is 1070. The van der Waals surface area contributed by atoms with Gasteiger partial charge in [-0.05, 0) is 48.5 Å². The van der Waals surface area contributed by atoms with Crippen LogP contribution in [0.2, 0.25) is 0 Å². The summed E-state index contributed by atoms with van der Waals surface area (Å²) in [6.07, 6.45) is 2.08. The first-order valence-electron chi connectivity index (χ1n) is 10.1. The molecule has 0 aliphatic heterocycles. The van der Waals surface area contributed by atoms with Gasteiger partial charge in [0.1, 0.15) is 0 Å². The predicted octanol–water partition coefficient (Wildman–Crippen LogP) is 5.55. The highest BCUT2D eigenvalue weighted by Crippen LogP contribution is 2.31. The number of aryl methyl sites for hydroxylation is 1. The lowest BCUT2D eigenvalue weighted by atomic mass is 10.0. The van der Waals surface area contributed by atoms with Gasteiger partial charge >= 0.3 is 0 Å². The third-order valence-corrected chi connectivity index (χ3v) is 5.42. The van der Waals surface area contributed by atoms with E-state index in [-0.39, 0.29) is 0 Å². The van der Waals surface area contributed by atoms with Crippen LogP contribution in [0.25, 0.3) is 33.8 Å². The van der Waals surface area contributed by atoms with Crippen LogP contribution in [-0.2, 0) is 7.05 Å². The van der Waals surface area contributed by atoms with Crippen molar-refractivity contribution in [2.45, 2.75) is 0 Å². The molecule has 0 unspecified atom stereocenters. The van der Waals surface area contributed by atoms with Gasteiger partial charge in [0.25, 0.3) is 0 Å². The highest BCUT2D eigenvalue weighted by atomic mass is 15.1. The third kappa shape index (κ3) is 3.94. The Morgan fingerprint density at radius 3 is 1.47 bits per heavy atom. The molecule has 0 N–H and O–H groups in total. The molecule has 0 aliphatic rings. The van der Waals surface area contributed by atoms with Gasteiger partial charge < -0.3 is 14.4 Å². The van der Waals surface area contributed by atoms with E-state index in [1.807, 2.05) is 0 Å². The molecule has 0 radical (unpaired) electrons. The van der Waals surface area contributed by atoms with Crippen molar-refractivity contribution >= 4 is 11.4 Å². The molecule has 4 aromatic rings. The van der Waals surface area contributed by atoms with E-state index in [0.29, 0.717) is 0 Å². The number of aromatic nitrogens is 2. The fourth-order valence-corrected chi connectivity index (χ4v) is 3.60. The van der Waals surface area contributed by atoms with Gasteiger partial charge in [0.05, 0.1) is 11.4 Å². The Labute approximate surface area is 179 Å². The van der Waals surface area contributed by atoms with Crippen molar-refractivity contribution in [3.63, 3.8) is 0 Å². The van der Waals surface area contributed by atoms with Gasteiger partial charge in [0.2, 0.25) is 0 Å². The number of hydrogen-bond donors (Lipinski definition) is 0. The summed E-state index contributed by atoms with van der Waals surface area (Å²) in [6.45, 7) is 0. The van der Waals surface area contributed by atoms with Crippen molar-refractivity contribution in [2.24, 2.45) is 7.05 Å². The van der Waals surface area contributed by atoms with Crippen molar-refractivity contribution in [1.82, 2.24) is 9.55 Å². The first-order valence-corrected chi connectivity index (χ1v) is 10.1. The van der Waals surface area contributed by atoms with Crippen LogP contribution in [0, 0.1) is 0 Å². The molecule has 0 aliphatic carbocycles. The normalized spacial score (nSPS) is 10.8. The van der Waals surface area contributed by atoms with E-state index in [9.17, 15) is 0 Å². The first kappa shape index (κ1) is 19.8. The zero-order valence-corrected chi connectivity index (χ0v) is 18.3. The third-order valence-electron chi connectivity index (χ3n) is 5.42. The summed E-state index contributed by atoms with van der Waals surface area (Å²) < 4.78 is 2.15. The predicted molar refractivity (Wildman–Crippen MR) is 128 cm³/mol. The highest BCUT2D eigenvalue weighted by molar-refractivity contribution is 5.76. The number of hydrogen-bond acceptors (Lipinski definition) is 3. The standard InChI is InChI=1S/C26H28N4/c1-28(2)22-12-8-19(9-13-22)24-17-21(26-7-6-16-30(26)5)18-25(27-24)20-10-14-23(15-11-20)29(3)4/h6-18H,1-5H3. The van der Waals surface area contributed by atoms with Crippen molar-refractivity contribution in [3.05, 3.63) is 79.0 Å². The molecule has 4 rings (SSSR count). The maximum Gasteiger partial charge on any atom is 0.0716 e. The minimum absolute atomic E-state index is 0.977. The Kier molecular flexibility index (Phi) is 5.32. The fourth-order valence-electron chi connectivity index (χ4n) is 3.60. The minimum atomic E-state index is 0.977. The van der Waals surface area contributed by atoms with Crippen molar-refractivity contribution in [2.75, 3.05) is 38.0 Å². The molecule has 30 heavy (non-hydrogen) atoms. The van der Waals surface area contributed by atoms with Crippen LogP contribution in [0.15, 0.2) is 79.0 Å². The Morgan fingerprint density at radius 1 is 0.633 bits per heavy atom. The van der Waals surface area contributed by atoms with Crippen molar-refractivity contribution in [1.29, 1.82) is 0 Å². The Hall–Kier alpha value is -3.53. The average Bonchev–Trinajstić information content (AvgIpc) is 3.19. The Morgan fingerprint density at radius 2 is 1.10 bits per heavy atom. The van der Waals surface area contributed by atoms with Gasteiger partial charge in [-0.3, -0.25) is 0 Å². The lowest BCUT2D eigenvalue weighted by Gasteiger charge is -2.15. The van der Waals surface area contributed by atoms with E-state index < -0.39 is 0 Å². The topological polar surface area (TPSA) is 24.3 Å². The second-order valence-electron chi connectivity index (χ2n) is 8.01. The van der Waals surface area contributed by atoms with Crippen molar-refractivity contribution in [3.8, 4) is 33.8 Å². The molecule has 0 saturated carbocycles. The number of pyridine rings is 1.